The van der Waals surface area contributed by atoms with Gasteiger partial charge in [0.25, 0.3) is 5.91 Å². The number of carbonyl (C=O) groups excluding carboxylic acids is 1. The van der Waals surface area contributed by atoms with E-state index < -0.39 is 10.0 Å². The fourth-order valence-electron chi connectivity index (χ4n) is 4.04. The number of sulfonamides is 1. The molecule has 0 aromatic carbocycles. The van der Waals surface area contributed by atoms with Crippen LogP contribution >= 0.6 is 0 Å². The molecule has 3 aliphatic heterocycles. The van der Waals surface area contributed by atoms with Gasteiger partial charge in [0.05, 0.1) is 5.75 Å². The Morgan fingerprint density at radius 3 is 2.64 bits per heavy atom. The first-order chi connectivity index (χ1) is 13.6. The van der Waals surface area contributed by atoms with Gasteiger partial charge in [-0.3, -0.25) is 4.79 Å². The Kier molecular flexibility index (Phi) is 7.75. The molecule has 0 aliphatic carbocycles. The van der Waals surface area contributed by atoms with Gasteiger partial charge in [0.2, 0.25) is 15.8 Å². The van der Waals surface area contributed by atoms with Gasteiger partial charge in [-0.25, -0.2) is 12.7 Å². The molecular formula is C19H31N3O5S. The summed E-state index contributed by atoms with van der Waals surface area (Å²) < 4.78 is 37.0. The van der Waals surface area contributed by atoms with Crippen LogP contribution in [0, 0.1) is 5.92 Å². The van der Waals surface area contributed by atoms with Crippen LogP contribution in [0.25, 0.3) is 0 Å². The second-order valence-corrected chi connectivity index (χ2v) is 9.68. The standard InChI is InChI=1S/C19H31N3O5S/c23-19(18-15-26-12-13-27-18)21-17(16-6-8-20-9-7-16)5-4-14-28(24,25)22-10-2-1-3-11-22/h12-13,15-17,20H,1-11,14H2,(H,21,23). The molecule has 1 amide bonds. The van der Waals surface area contributed by atoms with Gasteiger partial charge >= 0.3 is 0 Å². The smallest absolute Gasteiger partial charge is 0.290 e. The lowest BCUT2D eigenvalue weighted by atomic mass is 9.87. The summed E-state index contributed by atoms with van der Waals surface area (Å²) in [6.45, 7) is 3.09. The van der Waals surface area contributed by atoms with Gasteiger partial charge < -0.3 is 20.1 Å². The Morgan fingerprint density at radius 2 is 1.96 bits per heavy atom. The van der Waals surface area contributed by atoms with Crippen LogP contribution in [-0.4, -0.2) is 56.6 Å². The zero-order valence-electron chi connectivity index (χ0n) is 16.3. The van der Waals surface area contributed by atoms with Crippen LogP contribution in [-0.2, 0) is 24.3 Å². The van der Waals surface area contributed by atoms with Crippen LogP contribution in [0.2, 0.25) is 0 Å². The number of carbonyl (C=O) groups is 1. The van der Waals surface area contributed by atoms with E-state index in [1.54, 1.807) is 4.31 Å². The van der Waals surface area contributed by atoms with Gasteiger partial charge in [0.15, 0.2) is 0 Å². The molecule has 3 rings (SSSR count). The van der Waals surface area contributed by atoms with Gasteiger partial charge in [-0.2, -0.15) is 0 Å². The highest BCUT2D eigenvalue weighted by molar-refractivity contribution is 7.89. The van der Waals surface area contributed by atoms with Gasteiger partial charge in [0.1, 0.15) is 18.8 Å². The summed E-state index contributed by atoms with van der Waals surface area (Å²) in [7, 11) is -3.22. The molecule has 0 spiro atoms. The number of amides is 1. The van der Waals surface area contributed by atoms with Crippen molar-refractivity contribution < 1.29 is 22.7 Å². The van der Waals surface area contributed by atoms with Gasteiger partial charge in [-0.15, -0.1) is 0 Å². The monoisotopic (exact) mass is 413 g/mol. The lowest BCUT2D eigenvalue weighted by Gasteiger charge is -2.32. The second-order valence-electron chi connectivity index (χ2n) is 7.59. The molecule has 0 radical (unpaired) electrons. The third-order valence-corrected chi connectivity index (χ3v) is 7.58. The Hall–Kier alpha value is -1.58. The molecule has 9 heteroatoms. The molecular weight excluding hydrogens is 382 g/mol. The number of nitrogens with zero attached hydrogens (tertiary/aromatic N) is 1. The molecule has 0 saturated carbocycles. The van der Waals surface area contributed by atoms with E-state index >= 15 is 0 Å². The normalized spacial score (nSPS) is 22.6. The molecule has 1 unspecified atom stereocenters. The fourth-order valence-corrected chi connectivity index (χ4v) is 5.64. The van der Waals surface area contributed by atoms with E-state index in [0.717, 1.165) is 45.2 Å². The SMILES string of the molecule is O=C(NC(CCCS(=O)(=O)N1CCCCC1)C1CCNCC1)C1=COC=CO1. The van der Waals surface area contributed by atoms with Crippen molar-refractivity contribution in [3.05, 3.63) is 24.5 Å². The largest absolute Gasteiger partial charge is 0.465 e. The Bertz CT molecular complexity index is 680. The van der Waals surface area contributed by atoms with Gasteiger partial charge in [-0.05, 0) is 57.5 Å². The van der Waals surface area contributed by atoms with Crippen molar-refractivity contribution in [3.63, 3.8) is 0 Å². The molecule has 2 fully saturated rings. The zero-order chi connectivity index (χ0) is 19.8. The first-order valence-corrected chi connectivity index (χ1v) is 11.8. The molecule has 1 atom stereocenters. The Labute approximate surface area is 167 Å². The minimum absolute atomic E-state index is 0.0819. The summed E-state index contributed by atoms with van der Waals surface area (Å²) in [5, 5.41) is 6.37. The molecule has 158 valence electrons. The van der Waals surface area contributed by atoms with Crippen molar-refractivity contribution in [1.29, 1.82) is 0 Å². The number of rotatable bonds is 8. The minimum Gasteiger partial charge on any atom is -0.465 e. The quantitative estimate of drug-likeness (QED) is 0.625. The molecule has 0 bridgehead atoms. The molecule has 3 aliphatic rings. The fraction of sp³-hybridized carbons (Fsp3) is 0.737. The van der Waals surface area contributed by atoms with E-state index in [1.165, 1.54) is 18.8 Å². The van der Waals surface area contributed by atoms with Crippen LogP contribution in [0.3, 0.4) is 0 Å². The Morgan fingerprint density at radius 1 is 1.21 bits per heavy atom. The maximum Gasteiger partial charge on any atom is 0.290 e. The number of ether oxygens (including phenoxy) is 2. The van der Waals surface area contributed by atoms with Crippen LogP contribution in [0.15, 0.2) is 24.5 Å². The third kappa shape index (κ3) is 5.96. The predicted octanol–water partition coefficient (Wildman–Crippen LogP) is 1.43. The summed E-state index contributed by atoms with van der Waals surface area (Å²) >= 11 is 0. The average molecular weight is 414 g/mol. The minimum atomic E-state index is -3.22. The number of nitrogens with one attached hydrogen (secondary N) is 2. The van der Waals surface area contributed by atoms with Crippen molar-refractivity contribution in [3.8, 4) is 0 Å². The van der Waals surface area contributed by atoms with E-state index in [4.69, 9.17) is 9.47 Å². The molecule has 28 heavy (non-hydrogen) atoms. The molecule has 0 aromatic heterocycles. The summed E-state index contributed by atoms with van der Waals surface area (Å²) in [5.41, 5.74) is 0. The second kappa shape index (κ2) is 10.3. The summed E-state index contributed by atoms with van der Waals surface area (Å²) in [6.07, 6.45) is 10.0. The lowest BCUT2D eigenvalue weighted by molar-refractivity contribution is -0.121. The highest BCUT2D eigenvalue weighted by Crippen LogP contribution is 2.22. The zero-order valence-corrected chi connectivity index (χ0v) is 17.1. The highest BCUT2D eigenvalue weighted by atomic mass is 32.2. The molecule has 2 saturated heterocycles. The van der Waals surface area contributed by atoms with Gasteiger partial charge in [0, 0.05) is 19.1 Å². The summed E-state index contributed by atoms with van der Waals surface area (Å²) in [6, 6.07) is -0.0819. The van der Waals surface area contributed by atoms with Crippen molar-refractivity contribution in [2.24, 2.45) is 5.92 Å². The van der Waals surface area contributed by atoms with Gasteiger partial charge in [-0.1, -0.05) is 6.42 Å². The van der Waals surface area contributed by atoms with E-state index in [2.05, 4.69) is 10.6 Å². The van der Waals surface area contributed by atoms with Crippen LogP contribution < -0.4 is 10.6 Å². The average Bonchev–Trinajstić information content (AvgIpc) is 2.75. The summed E-state index contributed by atoms with van der Waals surface area (Å²) in [5.74, 6) is 0.243. The number of piperidine rings is 2. The first kappa shape index (κ1) is 21.1. The van der Waals surface area contributed by atoms with Crippen LogP contribution in [0.5, 0.6) is 0 Å². The predicted molar refractivity (Wildman–Crippen MR) is 105 cm³/mol. The number of hydrogen-bond donors (Lipinski definition) is 2. The van der Waals surface area contributed by atoms with Crippen molar-refractivity contribution >= 4 is 15.9 Å². The molecule has 3 heterocycles. The lowest BCUT2D eigenvalue weighted by Crippen LogP contribution is -2.45. The van der Waals surface area contributed by atoms with Crippen molar-refractivity contribution in [2.45, 2.75) is 51.0 Å². The van der Waals surface area contributed by atoms with E-state index in [-0.39, 0.29) is 23.5 Å². The highest BCUT2D eigenvalue weighted by Gasteiger charge is 2.28. The van der Waals surface area contributed by atoms with Crippen molar-refractivity contribution in [2.75, 3.05) is 31.9 Å². The molecule has 2 N–H and O–H groups in total. The molecule has 0 aromatic rings. The topological polar surface area (TPSA) is 97.0 Å². The van der Waals surface area contributed by atoms with E-state index in [0.29, 0.717) is 31.8 Å². The van der Waals surface area contributed by atoms with Crippen molar-refractivity contribution in [1.82, 2.24) is 14.9 Å². The maximum atomic E-state index is 12.6. The first-order valence-electron chi connectivity index (χ1n) is 10.2. The Balaban J connectivity index is 1.55. The van der Waals surface area contributed by atoms with E-state index in [9.17, 15) is 13.2 Å². The van der Waals surface area contributed by atoms with E-state index in [1.807, 2.05) is 0 Å². The van der Waals surface area contributed by atoms with Crippen LogP contribution in [0.1, 0.15) is 44.9 Å². The summed E-state index contributed by atoms with van der Waals surface area (Å²) in [4.78, 5) is 12.5. The number of hydrogen-bond acceptors (Lipinski definition) is 6. The van der Waals surface area contributed by atoms with Crippen LogP contribution in [0.4, 0.5) is 0 Å². The maximum absolute atomic E-state index is 12.6. The third-order valence-electron chi connectivity index (χ3n) is 5.62. The molecule has 8 nitrogen and oxygen atoms in total.